The highest BCUT2D eigenvalue weighted by Gasteiger charge is 1.84. The predicted molar refractivity (Wildman–Crippen MR) is 57.3 cm³/mol. The van der Waals surface area contributed by atoms with Gasteiger partial charge in [-0.15, -0.1) is 0 Å². The van der Waals surface area contributed by atoms with E-state index in [4.69, 9.17) is 0 Å². The number of rotatable bonds is 6. The minimum atomic E-state index is 1.24. The smallest absolute Gasteiger partial charge is 0.0348 e. The Morgan fingerprint density at radius 1 is 1.17 bits per heavy atom. The normalized spacial score (nSPS) is 12.8. The molecule has 0 saturated heterocycles. The van der Waals surface area contributed by atoms with Crippen LogP contribution in [0.3, 0.4) is 0 Å². The molecule has 0 spiro atoms. The average Bonchev–Trinajstić information content (AvgIpc) is 2.10. The Balaban J connectivity index is 3.25. The molecule has 0 rings (SSSR count). The van der Waals surface area contributed by atoms with Crippen molar-refractivity contribution < 1.29 is 0 Å². The van der Waals surface area contributed by atoms with E-state index in [0.717, 1.165) is 0 Å². The van der Waals surface area contributed by atoms with Crippen molar-refractivity contribution in [2.45, 2.75) is 52.9 Å². The molecule has 0 aromatic heterocycles. The van der Waals surface area contributed by atoms with Gasteiger partial charge in [-0.1, -0.05) is 50.0 Å². The Kier molecular flexibility index (Phi) is 8.20. The van der Waals surface area contributed by atoms with Crippen LogP contribution in [0.25, 0.3) is 0 Å². The lowest BCUT2D eigenvalue weighted by atomic mass is 10.1. The van der Waals surface area contributed by atoms with Gasteiger partial charge in [0, 0.05) is 0 Å². The summed E-state index contributed by atoms with van der Waals surface area (Å²) in [5.41, 5.74) is 1.37. The van der Waals surface area contributed by atoms with Crippen molar-refractivity contribution >= 4 is 0 Å². The zero-order valence-corrected chi connectivity index (χ0v) is 8.77. The zero-order chi connectivity index (χ0) is 9.23. The Bertz CT molecular complexity index is 140. The van der Waals surface area contributed by atoms with Gasteiger partial charge in [-0.2, -0.15) is 0 Å². The van der Waals surface area contributed by atoms with Crippen LogP contribution < -0.4 is 0 Å². The third-order valence-corrected chi connectivity index (χ3v) is 2.06. The molecule has 0 saturated carbocycles. The molecule has 0 aliphatic carbocycles. The SMILES string of the molecule is C/C=C(C)\C=C/CCCCCC. The highest BCUT2D eigenvalue weighted by molar-refractivity contribution is 5.14. The zero-order valence-electron chi connectivity index (χ0n) is 8.77. The summed E-state index contributed by atoms with van der Waals surface area (Å²) in [6.07, 6.45) is 13.3. The second kappa shape index (κ2) is 8.58. The van der Waals surface area contributed by atoms with Crippen LogP contribution in [0.2, 0.25) is 0 Å². The lowest BCUT2D eigenvalue weighted by Crippen LogP contribution is -1.74. The Morgan fingerprint density at radius 2 is 1.92 bits per heavy atom. The number of hydrogen-bond acceptors (Lipinski definition) is 0. The van der Waals surface area contributed by atoms with Crippen LogP contribution in [-0.4, -0.2) is 0 Å². The van der Waals surface area contributed by atoms with E-state index in [1.54, 1.807) is 0 Å². The maximum absolute atomic E-state index is 2.28. The van der Waals surface area contributed by atoms with Gasteiger partial charge in [0.25, 0.3) is 0 Å². The van der Waals surface area contributed by atoms with Crippen LogP contribution in [-0.2, 0) is 0 Å². The Hall–Kier alpha value is -0.520. The molecule has 0 atom stereocenters. The lowest BCUT2D eigenvalue weighted by molar-refractivity contribution is 0.674. The topological polar surface area (TPSA) is 0 Å². The van der Waals surface area contributed by atoms with E-state index < -0.39 is 0 Å². The third kappa shape index (κ3) is 7.59. The summed E-state index contributed by atoms with van der Waals surface area (Å²) in [6, 6.07) is 0. The fourth-order valence-electron chi connectivity index (χ4n) is 1.05. The van der Waals surface area contributed by atoms with E-state index in [1.807, 2.05) is 0 Å². The van der Waals surface area contributed by atoms with Crippen molar-refractivity contribution in [3.05, 3.63) is 23.8 Å². The molecule has 0 heteroatoms. The standard InChI is InChI=1S/C12H22/c1-4-6-7-8-9-10-11-12(3)5-2/h5,10-11H,4,6-9H2,1-3H3/b11-10-,12-5-. The highest BCUT2D eigenvalue weighted by atomic mass is 13.9. The van der Waals surface area contributed by atoms with Gasteiger partial charge in [0.2, 0.25) is 0 Å². The Morgan fingerprint density at radius 3 is 2.50 bits per heavy atom. The molecular formula is C12H22. The largest absolute Gasteiger partial charge is 0.0847 e. The molecule has 0 amide bonds. The fraction of sp³-hybridized carbons (Fsp3) is 0.667. The number of allylic oxidation sites excluding steroid dienone is 4. The second-order valence-corrected chi connectivity index (χ2v) is 3.28. The number of hydrogen-bond donors (Lipinski definition) is 0. The van der Waals surface area contributed by atoms with Gasteiger partial charge < -0.3 is 0 Å². The molecule has 0 fully saturated rings. The van der Waals surface area contributed by atoms with Gasteiger partial charge >= 0.3 is 0 Å². The maximum Gasteiger partial charge on any atom is -0.0348 e. The van der Waals surface area contributed by atoms with Crippen molar-refractivity contribution in [3.8, 4) is 0 Å². The minimum absolute atomic E-state index is 1.24. The molecule has 12 heavy (non-hydrogen) atoms. The molecule has 0 heterocycles. The first-order valence-electron chi connectivity index (χ1n) is 5.10. The van der Waals surface area contributed by atoms with Gasteiger partial charge in [-0.3, -0.25) is 0 Å². The molecule has 0 aliphatic rings. The van der Waals surface area contributed by atoms with E-state index in [0.29, 0.717) is 0 Å². The molecule has 0 aromatic carbocycles. The van der Waals surface area contributed by atoms with Crippen molar-refractivity contribution in [3.63, 3.8) is 0 Å². The van der Waals surface area contributed by atoms with Crippen LogP contribution in [0.1, 0.15) is 52.9 Å². The summed E-state index contributed by atoms with van der Waals surface area (Å²) in [5, 5.41) is 0. The van der Waals surface area contributed by atoms with Crippen molar-refractivity contribution in [1.82, 2.24) is 0 Å². The molecule has 70 valence electrons. The van der Waals surface area contributed by atoms with Gasteiger partial charge in [0.05, 0.1) is 0 Å². The van der Waals surface area contributed by atoms with Crippen LogP contribution in [0.5, 0.6) is 0 Å². The summed E-state index contributed by atoms with van der Waals surface area (Å²) in [7, 11) is 0. The first-order chi connectivity index (χ1) is 5.81. The molecule has 0 unspecified atom stereocenters. The van der Waals surface area contributed by atoms with E-state index in [2.05, 4.69) is 39.0 Å². The predicted octanol–water partition coefficient (Wildman–Crippen LogP) is 4.48. The van der Waals surface area contributed by atoms with Gasteiger partial charge in [0.15, 0.2) is 0 Å². The maximum atomic E-state index is 2.28. The summed E-state index contributed by atoms with van der Waals surface area (Å²) >= 11 is 0. The summed E-state index contributed by atoms with van der Waals surface area (Å²) in [5.74, 6) is 0. The fourth-order valence-corrected chi connectivity index (χ4v) is 1.05. The molecule has 0 nitrogen and oxygen atoms in total. The van der Waals surface area contributed by atoms with Gasteiger partial charge in [0.1, 0.15) is 0 Å². The second-order valence-electron chi connectivity index (χ2n) is 3.28. The first kappa shape index (κ1) is 11.5. The molecule has 0 N–H and O–H groups in total. The third-order valence-electron chi connectivity index (χ3n) is 2.06. The first-order valence-corrected chi connectivity index (χ1v) is 5.10. The lowest BCUT2D eigenvalue weighted by Gasteiger charge is -1.94. The van der Waals surface area contributed by atoms with Gasteiger partial charge in [-0.25, -0.2) is 0 Å². The van der Waals surface area contributed by atoms with E-state index in [-0.39, 0.29) is 0 Å². The van der Waals surface area contributed by atoms with Crippen molar-refractivity contribution in [2.75, 3.05) is 0 Å². The molecule has 0 radical (unpaired) electrons. The number of unbranched alkanes of at least 4 members (excludes halogenated alkanes) is 4. The Labute approximate surface area is 77.4 Å². The van der Waals surface area contributed by atoms with Crippen LogP contribution >= 0.6 is 0 Å². The summed E-state index contributed by atoms with van der Waals surface area (Å²) in [4.78, 5) is 0. The van der Waals surface area contributed by atoms with E-state index in [9.17, 15) is 0 Å². The monoisotopic (exact) mass is 166 g/mol. The minimum Gasteiger partial charge on any atom is -0.0847 e. The quantitative estimate of drug-likeness (QED) is 0.403. The molecule has 0 aromatic rings. The van der Waals surface area contributed by atoms with Crippen LogP contribution in [0, 0.1) is 0 Å². The average molecular weight is 166 g/mol. The summed E-state index contributed by atoms with van der Waals surface area (Å²) in [6.45, 7) is 6.47. The molecular weight excluding hydrogens is 144 g/mol. The molecule has 0 bridgehead atoms. The van der Waals surface area contributed by atoms with Crippen LogP contribution in [0.15, 0.2) is 23.8 Å². The highest BCUT2D eigenvalue weighted by Crippen LogP contribution is 2.04. The van der Waals surface area contributed by atoms with Crippen molar-refractivity contribution in [1.29, 1.82) is 0 Å². The van der Waals surface area contributed by atoms with E-state index >= 15 is 0 Å². The molecule has 0 aliphatic heterocycles. The van der Waals surface area contributed by atoms with E-state index in [1.165, 1.54) is 37.7 Å². The summed E-state index contributed by atoms with van der Waals surface area (Å²) < 4.78 is 0. The van der Waals surface area contributed by atoms with Gasteiger partial charge in [-0.05, 0) is 26.7 Å². The van der Waals surface area contributed by atoms with Crippen molar-refractivity contribution in [2.24, 2.45) is 0 Å². The van der Waals surface area contributed by atoms with Crippen LogP contribution in [0.4, 0.5) is 0 Å².